The van der Waals surface area contributed by atoms with Crippen LogP contribution in [0.3, 0.4) is 0 Å². The zero-order chi connectivity index (χ0) is 12.3. The average molecular weight is 233 g/mol. The van der Waals surface area contributed by atoms with Gasteiger partial charge in [0.2, 0.25) is 0 Å². The molecule has 2 rings (SSSR count). The first-order chi connectivity index (χ1) is 8.14. The zero-order valence-electron chi connectivity index (χ0n) is 9.89. The summed E-state index contributed by atoms with van der Waals surface area (Å²) in [5.74, 6) is -0.463. The van der Waals surface area contributed by atoms with Gasteiger partial charge < -0.3 is 10.6 Å². The monoisotopic (exact) mass is 233 g/mol. The van der Waals surface area contributed by atoms with Crippen LogP contribution in [0.5, 0.6) is 0 Å². The smallest absolute Gasteiger partial charge is 0.143 e. The summed E-state index contributed by atoms with van der Waals surface area (Å²) >= 11 is 0. The fourth-order valence-electron chi connectivity index (χ4n) is 2.17. The SMILES string of the molecule is CC1(Nc2cccc(F)c2C#N)CCNCC1. The van der Waals surface area contributed by atoms with Crippen LogP contribution in [0, 0.1) is 17.1 Å². The predicted octanol–water partition coefficient (Wildman–Crippen LogP) is 2.25. The maximum atomic E-state index is 13.5. The molecule has 1 heterocycles. The van der Waals surface area contributed by atoms with E-state index >= 15 is 0 Å². The second-order valence-electron chi connectivity index (χ2n) is 4.71. The normalized spacial score (nSPS) is 18.4. The van der Waals surface area contributed by atoms with Crippen molar-refractivity contribution < 1.29 is 4.39 Å². The third kappa shape index (κ3) is 2.56. The Kier molecular flexibility index (Phi) is 3.30. The highest BCUT2D eigenvalue weighted by Crippen LogP contribution is 2.26. The van der Waals surface area contributed by atoms with Gasteiger partial charge in [0.15, 0.2) is 0 Å². The Balaban J connectivity index is 2.24. The van der Waals surface area contributed by atoms with Crippen molar-refractivity contribution in [2.75, 3.05) is 18.4 Å². The molecule has 1 aliphatic rings. The number of nitriles is 1. The lowest BCUT2D eigenvalue weighted by Crippen LogP contribution is -2.45. The number of hydrogen-bond acceptors (Lipinski definition) is 3. The van der Waals surface area contributed by atoms with E-state index in [0.717, 1.165) is 25.9 Å². The Labute approximate surface area is 101 Å². The van der Waals surface area contributed by atoms with Gasteiger partial charge in [-0.25, -0.2) is 4.39 Å². The van der Waals surface area contributed by atoms with Crippen molar-refractivity contribution >= 4 is 5.69 Å². The summed E-state index contributed by atoms with van der Waals surface area (Å²) in [4.78, 5) is 0. The Morgan fingerprint density at radius 3 is 2.76 bits per heavy atom. The molecule has 4 heteroatoms. The summed E-state index contributed by atoms with van der Waals surface area (Å²) in [5.41, 5.74) is 0.633. The van der Waals surface area contributed by atoms with Crippen LogP contribution < -0.4 is 10.6 Å². The number of rotatable bonds is 2. The van der Waals surface area contributed by atoms with Gasteiger partial charge in [0.05, 0.1) is 5.69 Å². The Morgan fingerprint density at radius 2 is 2.12 bits per heavy atom. The van der Waals surface area contributed by atoms with Crippen LogP contribution in [0.15, 0.2) is 18.2 Å². The molecule has 0 aromatic heterocycles. The Morgan fingerprint density at radius 1 is 1.41 bits per heavy atom. The number of halogens is 1. The first-order valence-electron chi connectivity index (χ1n) is 5.82. The van der Waals surface area contributed by atoms with Gasteiger partial charge in [0, 0.05) is 5.54 Å². The molecule has 0 unspecified atom stereocenters. The van der Waals surface area contributed by atoms with Gasteiger partial charge in [-0.15, -0.1) is 0 Å². The van der Waals surface area contributed by atoms with Gasteiger partial charge >= 0.3 is 0 Å². The van der Waals surface area contributed by atoms with E-state index in [9.17, 15) is 4.39 Å². The molecule has 3 nitrogen and oxygen atoms in total. The van der Waals surface area contributed by atoms with Crippen LogP contribution in [-0.4, -0.2) is 18.6 Å². The minimum absolute atomic E-state index is 0.0648. The molecule has 0 spiro atoms. The topological polar surface area (TPSA) is 47.9 Å². The molecular formula is C13H16FN3. The van der Waals surface area contributed by atoms with Crippen LogP contribution in [0.25, 0.3) is 0 Å². The second-order valence-corrected chi connectivity index (χ2v) is 4.71. The molecule has 1 aromatic rings. The molecule has 0 saturated carbocycles. The lowest BCUT2D eigenvalue weighted by atomic mass is 9.90. The third-order valence-electron chi connectivity index (χ3n) is 3.27. The van der Waals surface area contributed by atoms with Crippen LogP contribution >= 0.6 is 0 Å². The summed E-state index contributed by atoms with van der Waals surface area (Å²) in [6.45, 7) is 4.00. The van der Waals surface area contributed by atoms with E-state index in [4.69, 9.17) is 5.26 Å². The average Bonchev–Trinajstić information content (AvgIpc) is 2.30. The minimum atomic E-state index is -0.463. The van der Waals surface area contributed by atoms with Crippen molar-refractivity contribution in [3.63, 3.8) is 0 Å². The second kappa shape index (κ2) is 4.72. The quantitative estimate of drug-likeness (QED) is 0.823. The lowest BCUT2D eigenvalue weighted by Gasteiger charge is -2.36. The van der Waals surface area contributed by atoms with Crippen molar-refractivity contribution in [1.29, 1.82) is 5.26 Å². The fraction of sp³-hybridized carbons (Fsp3) is 0.462. The maximum absolute atomic E-state index is 13.5. The molecule has 1 aliphatic heterocycles. The van der Waals surface area contributed by atoms with E-state index in [0.29, 0.717) is 5.69 Å². The van der Waals surface area contributed by atoms with Gasteiger partial charge in [-0.1, -0.05) is 6.07 Å². The third-order valence-corrected chi connectivity index (χ3v) is 3.27. The van der Waals surface area contributed by atoms with Gasteiger partial charge in [0.25, 0.3) is 0 Å². The molecular weight excluding hydrogens is 217 g/mol. The Bertz CT molecular complexity index is 444. The van der Waals surface area contributed by atoms with E-state index in [1.54, 1.807) is 12.1 Å². The first-order valence-corrected chi connectivity index (χ1v) is 5.82. The highest BCUT2D eigenvalue weighted by Gasteiger charge is 2.27. The van der Waals surface area contributed by atoms with E-state index in [-0.39, 0.29) is 11.1 Å². The van der Waals surface area contributed by atoms with Crippen LogP contribution in [0.2, 0.25) is 0 Å². The molecule has 0 amide bonds. The minimum Gasteiger partial charge on any atom is -0.379 e. The molecule has 1 fully saturated rings. The van der Waals surface area contributed by atoms with Crippen molar-refractivity contribution in [3.05, 3.63) is 29.6 Å². The number of nitrogens with zero attached hydrogens (tertiary/aromatic N) is 1. The summed E-state index contributed by atoms with van der Waals surface area (Å²) < 4.78 is 13.5. The highest BCUT2D eigenvalue weighted by atomic mass is 19.1. The van der Waals surface area contributed by atoms with Crippen molar-refractivity contribution in [1.82, 2.24) is 5.32 Å². The van der Waals surface area contributed by atoms with Gasteiger partial charge in [0.1, 0.15) is 17.4 Å². The van der Waals surface area contributed by atoms with Gasteiger partial charge in [-0.2, -0.15) is 5.26 Å². The van der Waals surface area contributed by atoms with Crippen molar-refractivity contribution in [2.24, 2.45) is 0 Å². The fourth-order valence-corrected chi connectivity index (χ4v) is 2.17. The molecule has 0 bridgehead atoms. The van der Waals surface area contributed by atoms with Crippen LogP contribution in [0.4, 0.5) is 10.1 Å². The number of piperidine rings is 1. The highest BCUT2D eigenvalue weighted by molar-refractivity contribution is 5.59. The van der Waals surface area contributed by atoms with Crippen LogP contribution in [-0.2, 0) is 0 Å². The molecule has 2 N–H and O–H groups in total. The van der Waals surface area contributed by atoms with Crippen molar-refractivity contribution in [3.8, 4) is 6.07 Å². The standard InChI is InChI=1S/C13H16FN3/c1-13(5-7-16-8-6-13)17-12-4-2-3-11(14)10(12)9-15/h2-4,16-17H,5-8H2,1H3. The Hall–Kier alpha value is -1.60. The predicted molar refractivity (Wildman–Crippen MR) is 65.2 cm³/mol. The maximum Gasteiger partial charge on any atom is 0.143 e. The molecule has 1 saturated heterocycles. The van der Waals surface area contributed by atoms with Crippen LogP contribution in [0.1, 0.15) is 25.3 Å². The largest absolute Gasteiger partial charge is 0.379 e. The number of hydrogen-bond donors (Lipinski definition) is 2. The number of anilines is 1. The molecule has 1 aromatic carbocycles. The van der Waals surface area contributed by atoms with E-state index in [1.807, 2.05) is 6.07 Å². The van der Waals surface area contributed by atoms with E-state index < -0.39 is 5.82 Å². The number of nitrogens with one attached hydrogen (secondary N) is 2. The van der Waals surface area contributed by atoms with Gasteiger partial charge in [-0.3, -0.25) is 0 Å². The summed E-state index contributed by atoms with van der Waals surface area (Å²) in [6.07, 6.45) is 1.93. The van der Waals surface area contributed by atoms with Gasteiger partial charge in [-0.05, 0) is 45.0 Å². The van der Waals surface area contributed by atoms with E-state index in [2.05, 4.69) is 17.6 Å². The summed E-state index contributed by atoms with van der Waals surface area (Å²) in [5, 5.41) is 15.6. The van der Waals surface area contributed by atoms with E-state index in [1.165, 1.54) is 6.07 Å². The zero-order valence-corrected chi connectivity index (χ0v) is 9.89. The molecule has 90 valence electrons. The number of benzene rings is 1. The summed E-state index contributed by atoms with van der Waals surface area (Å²) in [7, 11) is 0. The first kappa shape index (κ1) is 11.9. The summed E-state index contributed by atoms with van der Waals surface area (Å²) in [6, 6.07) is 6.62. The molecule has 0 aliphatic carbocycles. The lowest BCUT2D eigenvalue weighted by molar-refractivity contribution is 0.365. The molecule has 0 radical (unpaired) electrons. The molecule has 17 heavy (non-hydrogen) atoms. The molecule has 0 atom stereocenters. The van der Waals surface area contributed by atoms with Crippen molar-refractivity contribution in [2.45, 2.75) is 25.3 Å².